The molecule has 18 heavy (non-hydrogen) atoms. The molecule has 1 aliphatic rings. The minimum Gasteiger partial charge on any atom is -0.491 e. The summed E-state index contributed by atoms with van der Waals surface area (Å²) in [6, 6.07) is 2.35. The highest BCUT2D eigenvalue weighted by Gasteiger charge is 2.29. The zero-order valence-electron chi connectivity index (χ0n) is 9.27. The van der Waals surface area contributed by atoms with E-state index in [0.29, 0.717) is 6.42 Å². The number of amides is 1. The van der Waals surface area contributed by atoms with Crippen molar-refractivity contribution in [1.29, 1.82) is 0 Å². The summed E-state index contributed by atoms with van der Waals surface area (Å²) in [6.07, 6.45) is 1.22. The second-order valence-electron chi connectivity index (χ2n) is 3.89. The highest BCUT2D eigenvalue weighted by Crippen LogP contribution is 2.29. The van der Waals surface area contributed by atoms with E-state index in [2.05, 4.69) is 5.32 Å². The van der Waals surface area contributed by atoms with Crippen LogP contribution in [0.4, 0.5) is 13.6 Å². The Hall–Kier alpha value is -2.11. The summed E-state index contributed by atoms with van der Waals surface area (Å²) in [7, 11) is 0. The molecule has 1 heterocycles. The zero-order chi connectivity index (χ0) is 13.1. The van der Waals surface area contributed by atoms with Crippen LogP contribution in [0.15, 0.2) is 30.5 Å². The van der Waals surface area contributed by atoms with E-state index in [1.165, 1.54) is 6.26 Å². The Balaban J connectivity index is 2.31. The van der Waals surface area contributed by atoms with Crippen LogP contribution in [0, 0.1) is 11.6 Å². The lowest BCUT2D eigenvalue weighted by Gasteiger charge is -2.29. The average molecular weight is 255 g/mol. The first-order chi connectivity index (χ1) is 8.58. The largest absolute Gasteiger partial charge is 0.491 e. The van der Waals surface area contributed by atoms with Crippen molar-refractivity contribution in [3.05, 3.63) is 47.7 Å². The van der Waals surface area contributed by atoms with Gasteiger partial charge in [-0.3, -0.25) is 0 Å². The third kappa shape index (κ3) is 2.58. The molecule has 0 spiro atoms. The van der Waals surface area contributed by atoms with Crippen LogP contribution in [-0.2, 0) is 4.74 Å². The summed E-state index contributed by atoms with van der Waals surface area (Å²) in [4.78, 5) is 10.6. The molecule has 0 aliphatic carbocycles. The monoisotopic (exact) mass is 255 g/mol. The number of carboxylic acid groups (broad SMARTS) is 1. The van der Waals surface area contributed by atoms with Crippen LogP contribution < -0.4 is 5.32 Å². The summed E-state index contributed by atoms with van der Waals surface area (Å²) in [5, 5.41) is 10.9. The first kappa shape index (κ1) is 12.3. The first-order valence-electron chi connectivity index (χ1n) is 5.33. The molecule has 0 aromatic heterocycles. The molecule has 0 fully saturated rings. The van der Waals surface area contributed by atoms with Crippen molar-refractivity contribution < 1.29 is 23.4 Å². The molecule has 1 aromatic carbocycles. The molecule has 0 radical (unpaired) electrons. The van der Waals surface area contributed by atoms with Crippen LogP contribution in [-0.4, -0.2) is 17.2 Å². The Labute approximate surface area is 102 Å². The fourth-order valence-corrected chi connectivity index (χ4v) is 1.88. The summed E-state index contributed by atoms with van der Waals surface area (Å²) in [5.41, 5.74) is -0.00176. The molecule has 0 saturated carbocycles. The van der Waals surface area contributed by atoms with E-state index >= 15 is 0 Å². The van der Waals surface area contributed by atoms with Gasteiger partial charge in [-0.2, -0.15) is 0 Å². The third-order valence-corrected chi connectivity index (χ3v) is 2.65. The molecule has 2 atom stereocenters. The van der Waals surface area contributed by atoms with Gasteiger partial charge in [-0.1, -0.05) is 0 Å². The van der Waals surface area contributed by atoms with Crippen LogP contribution in [0.25, 0.3) is 0 Å². The summed E-state index contributed by atoms with van der Waals surface area (Å²) in [5.74, 6) is -1.23. The van der Waals surface area contributed by atoms with Gasteiger partial charge in [0.2, 0.25) is 0 Å². The van der Waals surface area contributed by atoms with Crippen molar-refractivity contribution in [2.24, 2.45) is 0 Å². The van der Waals surface area contributed by atoms with Crippen LogP contribution in [0.2, 0.25) is 0 Å². The molecule has 2 N–H and O–H groups in total. The molecule has 0 bridgehead atoms. The number of halogens is 2. The molecular formula is C12H11F2NO3. The maximum absolute atomic E-state index is 13.6. The lowest BCUT2D eigenvalue weighted by atomic mass is 9.97. The van der Waals surface area contributed by atoms with E-state index in [1.807, 2.05) is 0 Å². The van der Waals surface area contributed by atoms with Crippen LogP contribution >= 0.6 is 0 Å². The SMILES string of the molecule is O=C(O)N[C@@H]1CC=CO[C@@H]1c1cc(F)ccc1F. The van der Waals surface area contributed by atoms with E-state index < -0.39 is 29.9 Å². The second kappa shape index (κ2) is 5.03. The predicted molar refractivity (Wildman–Crippen MR) is 58.9 cm³/mol. The van der Waals surface area contributed by atoms with Crippen molar-refractivity contribution in [1.82, 2.24) is 5.32 Å². The number of ether oxygens (including phenoxy) is 1. The molecule has 2 rings (SSSR count). The van der Waals surface area contributed by atoms with E-state index in [0.717, 1.165) is 18.2 Å². The molecule has 1 amide bonds. The predicted octanol–water partition coefficient (Wildman–Crippen LogP) is 2.58. The van der Waals surface area contributed by atoms with Gasteiger partial charge in [-0.15, -0.1) is 0 Å². The van der Waals surface area contributed by atoms with E-state index in [9.17, 15) is 13.6 Å². The Kier molecular flexibility index (Phi) is 3.45. The highest BCUT2D eigenvalue weighted by atomic mass is 19.1. The fraction of sp³-hybridized carbons (Fsp3) is 0.250. The number of hydrogen-bond donors (Lipinski definition) is 2. The van der Waals surface area contributed by atoms with Gasteiger partial charge < -0.3 is 15.2 Å². The smallest absolute Gasteiger partial charge is 0.405 e. The van der Waals surface area contributed by atoms with Crippen LogP contribution in [0.1, 0.15) is 18.1 Å². The number of benzene rings is 1. The van der Waals surface area contributed by atoms with Gasteiger partial charge in [-0.25, -0.2) is 13.6 Å². The number of carbonyl (C=O) groups is 1. The quantitative estimate of drug-likeness (QED) is 0.853. The summed E-state index contributed by atoms with van der Waals surface area (Å²) >= 11 is 0. The Morgan fingerprint density at radius 1 is 1.44 bits per heavy atom. The normalized spacial score (nSPS) is 22.3. The number of hydrogen-bond acceptors (Lipinski definition) is 2. The van der Waals surface area contributed by atoms with Gasteiger partial charge in [0.15, 0.2) is 0 Å². The van der Waals surface area contributed by atoms with E-state index in [1.54, 1.807) is 6.08 Å². The molecule has 0 saturated heterocycles. The molecule has 6 heteroatoms. The summed E-state index contributed by atoms with van der Waals surface area (Å²) in [6.45, 7) is 0. The molecular weight excluding hydrogens is 244 g/mol. The first-order valence-corrected chi connectivity index (χ1v) is 5.33. The van der Waals surface area contributed by atoms with Crippen LogP contribution in [0.3, 0.4) is 0 Å². The maximum Gasteiger partial charge on any atom is 0.405 e. The Morgan fingerprint density at radius 2 is 2.22 bits per heavy atom. The standard InChI is InChI=1S/C12H11F2NO3/c13-7-3-4-9(14)8(6-7)11-10(15-12(16)17)2-1-5-18-11/h1,3-6,10-11,15H,2H2,(H,16,17)/t10-,11-/m1/s1. The van der Waals surface area contributed by atoms with Crippen molar-refractivity contribution in [3.8, 4) is 0 Å². The van der Waals surface area contributed by atoms with Gasteiger partial charge in [0.25, 0.3) is 0 Å². The topological polar surface area (TPSA) is 58.6 Å². The molecule has 0 unspecified atom stereocenters. The highest BCUT2D eigenvalue weighted by molar-refractivity contribution is 5.65. The Bertz CT molecular complexity index is 490. The van der Waals surface area contributed by atoms with Crippen molar-refractivity contribution >= 4 is 6.09 Å². The lowest BCUT2D eigenvalue weighted by Crippen LogP contribution is -2.40. The van der Waals surface area contributed by atoms with Gasteiger partial charge in [0, 0.05) is 5.56 Å². The second-order valence-corrected chi connectivity index (χ2v) is 3.89. The maximum atomic E-state index is 13.6. The fourth-order valence-electron chi connectivity index (χ4n) is 1.88. The minimum absolute atomic E-state index is 0.00176. The van der Waals surface area contributed by atoms with Gasteiger partial charge >= 0.3 is 6.09 Å². The van der Waals surface area contributed by atoms with Gasteiger partial charge in [0.05, 0.1) is 12.3 Å². The van der Waals surface area contributed by atoms with E-state index in [-0.39, 0.29) is 5.56 Å². The molecule has 4 nitrogen and oxygen atoms in total. The van der Waals surface area contributed by atoms with Gasteiger partial charge in [0.1, 0.15) is 17.7 Å². The molecule has 96 valence electrons. The van der Waals surface area contributed by atoms with Crippen molar-refractivity contribution in [3.63, 3.8) is 0 Å². The lowest BCUT2D eigenvalue weighted by molar-refractivity contribution is 0.0849. The Morgan fingerprint density at radius 3 is 2.94 bits per heavy atom. The summed E-state index contributed by atoms with van der Waals surface area (Å²) < 4.78 is 31.9. The molecule has 1 aliphatic heterocycles. The third-order valence-electron chi connectivity index (χ3n) is 2.65. The molecule has 1 aromatic rings. The number of rotatable bonds is 2. The average Bonchev–Trinajstić information content (AvgIpc) is 2.32. The van der Waals surface area contributed by atoms with E-state index in [4.69, 9.17) is 9.84 Å². The van der Waals surface area contributed by atoms with Crippen molar-refractivity contribution in [2.75, 3.05) is 0 Å². The van der Waals surface area contributed by atoms with Crippen molar-refractivity contribution in [2.45, 2.75) is 18.6 Å². The van der Waals surface area contributed by atoms with Crippen LogP contribution in [0.5, 0.6) is 0 Å². The van der Waals surface area contributed by atoms with Gasteiger partial charge in [-0.05, 0) is 30.7 Å². The minimum atomic E-state index is -1.24. The number of nitrogens with one attached hydrogen (secondary N) is 1. The zero-order valence-corrected chi connectivity index (χ0v) is 9.27.